The molecule has 0 radical (unpaired) electrons. The summed E-state index contributed by atoms with van der Waals surface area (Å²) in [4.78, 5) is 14.5. The maximum Gasteiger partial charge on any atom is 0.274 e. The second kappa shape index (κ2) is 6.95. The van der Waals surface area contributed by atoms with Gasteiger partial charge in [0.1, 0.15) is 11.6 Å². The topological polar surface area (TPSA) is 38.1 Å². The molecular formula is C21H19F2N3O. The number of hydrogen-bond donors (Lipinski definition) is 0. The predicted octanol–water partition coefficient (Wildman–Crippen LogP) is 3.91. The van der Waals surface area contributed by atoms with E-state index in [-0.39, 0.29) is 24.1 Å². The normalized spacial score (nSPS) is 12.9. The van der Waals surface area contributed by atoms with E-state index in [0.717, 1.165) is 36.2 Å². The number of rotatable bonds is 4. The second-order valence-electron chi connectivity index (χ2n) is 6.77. The zero-order valence-electron chi connectivity index (χ0n) is 15.0. The van der Waals surface area contributed by atoms with Gasteiger partial charge in [-0.2, -0.15) is 5.10 Å². The fourth-order valence-electron chi connectivity index (χ4n) is 3.54. The van der Waals surface area contributed by atoms with Crippen LogP contribution in [0.2, 0.25) is 0 Å². The van der Waals surface area contributed by atoms with Gasteiger partial charge in [0.15, 0.2) is 5.69 Å². The molecule has 0 aliphatic heterocycles. The van der Waals surface area contributed by atoms with Gasteiger partial charge < -0.3 is 4.90 Å². The summed E-state index contributed by atoms with van der Waals surface area (Å²) < 4.78 is 28.9. The Morgan fingerprint density at radius 3 is 2.59 bits per heavy atom. The molecule has 1 aliphatic rings. The van der Waals surface area contributed by atoms with Crippen LogP contribution in [0.25, 0.3) is 5.69 Å². The molecule has 0 saturated heterocycles. The Labute approximate surface area is 156 Å². The van der Waals surface area contributed by atoms with Gasteiger partial charge in [0.05, 0.1) is 5.69 Å². The Morgan fingerprint density at radius 1 is 1.11 bits per heavy atom. The third-order valence-corrected chi connectivity index (χ3v) is 4.92. The summed E-state index contributed by atoms with van der Waals surface area (Å²) in [6.07, 6.45) is 2.56. The quantitative estimate of drug-likeness (QED) is 0.701. The highest BCUT2D eigenvalue weighted by atomic mass is 19.1. The zero-order valence-corrected chi connectivity index (χ0v) is 15.0. The smallest absolute Gasteiger partial charge is 0.274 e. The molecule has 0 fully saturated rings. The summed E-state index contributed by atoms with van der Waals surface area (Å²) in [5.41, 5.74) is 3.51. The minimum Gasteiger partial charge on any atom is -0.336 e. The first-order valence-electron chi connectivity index (χ1n) is 8.90. The predicted molar refractivity (Wildman–Crippen MR) is 97.7 cm³/mol. The van der Waals surface area contributed by atoms with Crippen molar-refractivity contribution in [2.75, 3.05) is 7.05 Å². The van der Waals surface area contributed by atoms with Crippen LogP contribution in [0.1, 0.15) is 33.7 Å². The summed E-state index contributed by atoms with van der Waals surface area (Å²) in [5.74, 6) is -0.889. The van der Waals surface area contributed by atoms with Crippen LogP contribution in [0, 0.1) is 11.6 Å². The van der Waals surface area contributed by atoms with Crippen molar-refractivity contribution in [3.63, 3.8) is 0 Å². The molecule has 0 spiro atoms. The molecule has 0 atom stereocenters. The molecule has 1 heterocycles. The molecule has 4 nitrogen and oxygen atoms in total. The van der Waals surface area contributed by atoms with E-state index < -0.39 is 0 Å². The zero-order chi connectivity index (χ0) is 19.0. The molecule has 138 valence electrons. The molecule has 1 aromatic heterocycles. The Kier molecular flexibility index (Phi) is 4.48. The summed E-state index contributed by atoms with van der Waals surface area (Å²) in [7, 11) is 1.65. The minimum absolute atomic E-state index is 0.170. The number of nitrogens with zero attached hydrogens (tertiary/aromatic N) is 3. The number of benzene rings is 2. The number of aromatic nitrogens is 2. The summed E-state index contributed by atoms with van der Waals surface area (Å²) in [5, 5.41) is 4.53. The molecule has 0 bridgehead atoms. The van der Waals surface area contributed by atoms with Crippen molar-refractivity contribution in [1.82, 2.24) is 14.7 Å². The molecule has 2 aromatic carbocycles. The average Bonchev–Trinajstić information content (AvgIpc) is 3.26. The Morgan fingerprint density at radius 2 is 1.85 bits per heavy atom. The SMILES string of the molecule is CN(Cc1ccccc1F)C(=O)c1nn(-c2ccc(F)cc2)c2c1CCC2. The molecule has 0 saturated carbocycles. The fourth-order valence-corrected chi connectivity index (χ4v) is 3.54. The molecule has 27 heavy (non-hydrogen) atoms. The third kappa shape index (κ3) is 3.23. The Hall–Kier alpha value is -3.02. The van der Waals surface area contributed by atoms with Crippen molar-refractivity contribution in [1.29, 1.82) is 0 Å². The highest BCUT2D eigenvalue weighted by molar-refractivity contribution is 5.94. The first kappa shape index (κ1) is 17.4. The van der Waals surface area contributed by atoms with Crippen molar-refractivity contribution in [2.24, 2.45) is 0 Å². The first-order valence-corrected chi connectivity index (χ1v) is 8.90. The highest BCUT2D eigenvalue weighted by Crippen LogP contribution is 2.28. The van der Waals surface area contributed by atoms with Gasteiger partial charge in [-0.05, 0) is 49.6 Å². The summed E-state index contributed by atoms with van der Waals surface area (Å²) in [6.45, 7) is 0.170. The van der Waals surface area contributed by atoms with E-state index in [2.05, 4.69) is 5.10 Å². The number of carbonyl (C=O) groups excluding carboxylic acids is 1. The molecule has 0 unspecified atom stereocenters. The standard InChI is InChI=1S/C21H19F2N3O/c1-25(13-14-5-2-3-7-18(14)23)21(27)20-17-6-4-8-19(17)26(24-20)16-11-9-15(22)10-12-16/h2-3,5,7,9-12H,4,6,8,13H2,1H3. The first-order chi connectivity index (χ1) is 13.0. The van der Waals surface area contributed by atoms with Crippen LogP contribution in [0.15, 0.2) is 48.5 Å². The third-order valence-electron chi connectivity index (χ3n) is 4.92. The lowest BCUT2D eigenvalue weighted by Gasteiger charge is -2.17. The van der Waals surface area contributed by atoms with Gasteiger partial charge >= 0.3 is 0 Å². The van der Waals surface area contributed by atoms with Crippen molar-refractivity contribution in [2.45, 2.75) is 25.8 Å². The van der Waals surface area contributed by atoms with E-state index in [9.17, 15) is 13.6 Å². The lowest BCUT2D eigenvalue weighted by Crippen LogP contribution is -2.28. The molecule has 6 heteroatoms. The van der Waals surface area contributed by atoms with Crippen LogP contribution in [0.5, 0.6) is 0 Å². The Balaban J connectivity index is 1.65. The van der Waals surface area contributed by atoms with E-state index in [0.29, 0.717) is 11.3 Å². The van der Waals surface area contributed by atoms with Crippen LogP contribution in [-0.2, 0) is 19.4 Å². The molecule has 1 amide bonds. The van der Waals surface area contributed by atoms with Crippen molar-refractivity contribution in [3.05, 3.63) is 82.7 Å². The van der Waals surface area contributed by atoms with E-state index in [4.69, 9.17) is 0 Å². The van der Waals surface area contributed by atoms with Gasteiger partial charge in [0.25, 0.3) is 5.91 Å². The molecule has 3 aromatic rings. The maximum atomic E-state index is 13.9. The van der Waals surface area contributed by atoms with Gasteiger partial charge in [-0.3, -0.25) is 4.79 Å². The van der Waals surface area contributed by atoms with Crippen LogP contribution < -0.4 is 0 Å². The van der Waals surface area contributed by atoms with Crippen molar-refractivity contribution < 1.29 is 13.6 Å². The van der Waals surface area contributed by atoms with Gasteiger partial charge in [-0.15, -0.1) is 0 Å². The summed E-state index contributed by atoms with van der Waals surface area (Å²) >= 11 is 0. The number of halogens is 2. The summed E-state index contributed by atoms with van der Waals surface area (Å²) in [6, 6.07) is 12.5. The van der Waals surface area contributed by atoms with E-state index in [1.165, 1.54) is 23.1 Å². The lowest BCUT2D eigenvalue weighted by molar-refractivity contribution is 0.0776. The van der Waals surface area contributed by atoms with E-state index in [1.807, 2.05) is 0 Å². The van der Waals surface area contributed by atoms with E-state index >= 15 is 0 Å². The van der Waals surface area contributed by atoms with Crippen LogP contribution in [0.3, 0.4) is 0 Å². The van der Waals surface area contributed by atoms with Crippen LogP contribution >= 0.6 is 0 Å². The highest BCUT2D eigenvalue weighted by Gasteiger charge is 2.28. The number of hydrogen-bond acceptors (Lipinski definition) is 2. The van der Waals surface area contributed by atoms with Gasteiger partial charge in [-0.25, -0.2) is 13.5 Å². The number of amides is 1. The Bertz CT molecular complexity index is 995. The lowest BCUT2D eigenvalue weighted by atomic mass is 10.1. The second-order valence-corrected chi connectivity index (χ2v) is 6.77. The molecule has 0 N–H and O–H groups in total. The van der Waals surface area contributed by atoms with Gasteiger partial charge in [-0.1, -0.05) is 18.2 Å². The molecular weight excluding hydrogens is 348 g/mol. The molecule has 1 aliphatic carbocycles. The van der Waals surface area contributed by atoms with Crippen LogP contribution in [0.4, 0.5) is 8.78 Å². The van der Waals surface area contributed by atoms with Crippen molar-refractivity contribution in [3.8, 4) is 5.69 Å². The fraction of sp³-hybridized carbons (Fsp3) is 0.238. The minimum atomic E-state index is -0.334. The van der Waals surface area contributed by atoms with Gasteiger partial charge in [0.2, 0.25) is 0 Å². The molecule has 4 rings (SSSR count). The van der Waals surface area contributed by atoms with Crippen LogP contribution in [-0.4, -0.2) is 27.6 Å². The largest absolute Gasteiger partial charge is 0.336 e. The van der Waals surface area contributed by atoms with E-state index in [1.54, 1.807) is 42.1 Å². The van der Waals surface area contributed by atoms with Gasteiger partial charge in [0, 0.05) is 30.4 Å². The maximum absolute atomic E-state index is 13.9. The monoisotopic (exact) mass is 367 g/mol. The number of carbonyl (C=O) groups is 1. The average molecular weight is 367 g/mol. The number of fused-ring (bicyclic) bond motifs is 1. The van der Waals surface area contributed by atoms with Crippen molar-refractivity contribution >= 4 is 5.91 Å².